The maximum Gasteiger partial charge on any atom is 0.191 e. The van der Waals surface area contributed by atoms with Gasteiger partial charge in [0.2, 0.25) is 0 Å². The van der Waals surface area contributed by atoms with Crippen LogP contribution >= 0.6 is 24.0 Å². The molecule has 0 spiro atoms. The number of aliphatic imine (C=N–C) groups is 1. The van der Waals surface area contributed by atoms with Crippen LogP contribution in [0.4, 0.5) is 0 Å². The summed E-state index contributed by atoms with van der Waals surface area (Å²) >= 11 is 0. The molecule has 1 atom stereocenters. The van der Waals surface area contributed by atoms with Crippen molar-refractivity contribution in [2.24, 2.45) is 4.99 Å². The SMILES string of the molecule is C=CCOc1ccccc1CN=C(NCC)NCCOCC1CCCO1.I. The van der Waals surface area contributed by atoms with Crippen LogP contribution in [-0.2, 0) is 16.0 Å². The van der Waals surface area contributed by atoms with E-state index >= 15 is 0 Å². The molecule has 6 nitrogen and oxygen atoms in total. The zero-order chi connectivity index (χ0) is 18.5. The Kier molecular flexibility index (Phi) is 12.9. The summed E-state index contributed by atoms with van der Waals surface area (Å²) in [6, 6.07) is 7.93. The highest BCUT2D eigenvalue weighted by atomic mass is 127. The minimum Gasteiger partial charge on any atom is -0.489 e. The van der Waals surface area contributed by atoms with Gasteiger partial charge in [-0.15, -0.1) is 24.0 Å². The minimum absolute atomic E-state index is 0. The Balaban J connectivity index is 0.00000364. The smallest absolute Gasteiger partial charge is 0.191 e. The predicted octanol–water partition coefficient (Wildman–Crippen LogP) is 3.12. The molecule has 1 saturated heterocycles. The average molecular weight is 489 g/mol. The van der Waals surface area contributed by atoms with E-state index in [4.69, 9.17) is 14.2 Å². The molecule has 0 amide bonds. The van der Waals surface area contributed by atoms with Crippen LogP contribution in [-0.4, -0.2) is 51.6 Å². The number of benzene rings is 1. The zero-order valence-electron chi connectivity index (χ0n) is 16.1. The maximum atomic E-state index is 5.68. The predicted molar refractivity (Wildman–Crippen MR) is 120 cm³/mol. The summed E-state index contributed by atoms with van der Waals surface area (Å²) in [4.78, 5) is 4.64. The van der Waals surface area contributed by atoms with Crippen molar-refractivity contribution in [3.05, 3.63) is 42.5 Å². The molecular weight excluding hydrogens is 457 g/mol. The molecule has 0 bridgehead atoms. The van der Waals surface area contributed by atoms with Gasteiger partial charge in [-0.3, -0.25) is 0 Å². The molecule has 2 N–H and O–H groups in total. The number of guanidine groups is 1. The van der Waals surface area contributed by atoms with Gasteiger partial charge in [0.05, 0.1) is 25.9 Å². The van der Waals surface area contributed by atoms with E-state index in [1.165, 1.54) is 0 Å². The minimum atomic E-state index is 0. The molecule has 0 aromatic heterocycles. The molecule has 1 heterocycles. The van der Waals surface area contributed by atoms with Crippen LogP contribution in [0.25, 0.3) is 0 Å². The van der Waals surface area contributed by atoms with Crippen molar-refractivity contribution in [1.29, 1.82) is 0 Å². The summed E-state index contributed by atoms with van der Waals surface area (Å²) in [5.41, 5.74) is 1.04. The molecule has 152 valence electrons. The summed E-state index contributed by atoms with van der Waals surface area (Å²) in [5.74, 6) is 1.61. The Bertz CT molecular complexity index is 563. The monoisotopic (exact) mass is 489 g/mol. The molecule has 0 aliphatic carbocycles. The number of nitrogens with one attached hydrogen (secondary N) is 2. The van der Waals surface area contributed by atoms with Crippen LogP contribution in [0, 0.1) is 0 Å². The van der Waals surface area contributed by atoms with Gasteiger partial charge in [-0.1, -0.05) is 30.9 Å². The highest BCUT2D eigenvalue weighted by molar-refractivity contribution is 14.0. The Morgan fingerprint density at radius 3 is 2.96 bits per heavy atom. The average Bonchev–Trinajstić information content (AvgIpc) is 3.18. The second kappa shape index (κ2) is 14.7. The molecule has 0 saturated carbocycles. The topological polar surface area (TPSA) is 64.1 Å². The van der Waals surface area contributed by atoms with Crippen molar-refractivity contribution in [3.63, 3.8) is 0 Å². The molecule has 7 heteroatoms. The highest BCUT2D eigenvalue weighted by Crippen LogP contribution is 2.18. The van der Waals surface area contributed by atoms with E-state index in [1.54, 1.807) is 6.08 Å². The number of ether oxygens (including phenoxy) is 3. The highest BCUT2D eigenvalue weighted by Gasteiger charge is 2.14. The van der Waals surface area contributed by atoms with Crippen LogP contribution in [0.2, 0.25) is 0 Å². The largest absolute Gasteiger partial charge is 0.489 e. The van der Waals surface area contributed by atoms with E-state index in [2.05, 4.69) is 22.2 Å². The molecule has 0 radical (unpaired) electrons. The lowest BCUT2D eigenvalue weighted by atomic mass is 10.2. The van der Waals surface area contributed by atoms with E-state index in [0.717, 1.165) is 43.3 Å². The van der Waals surface area contributed by atoms with Crippen LogP contribution in [0.15, 0.2) is 41.9 Å². The van der Waals surface area contributed by atoms with Gasteiger partial charge in [0.25, 0.3) is 0 Å². The fourth-order valence-corrected chi connectivity index (χ4v) is 2.66. The van der Waals surface area contributed by atoms with E-state index in [9.17, 15) is 0 Å². The van der Waals surface area contributed by atoms with Crippen molar-refractivity contribution in [3.8, 4) is 5.75 Å². The van der Waals surface area contributed by atoms with Crippen molar-refractivity contribution >= 4 is 29.9 Å². The van der Waals surface area contributed by atoms with Crippen molar-refractivity contribution in [2.75, 3.05) is 39.5 Å². The fourth-order valence-electron chi connectivity index (χ4n) is 2.66. The third kappa shape index (κ3) is 9.44. The zero-order valence-corrected chi connectivity index (χ0v) is 18.4. The van der Waals surface area contributed by atoms with Gasteiger partial charge in [0, 0.05) is 25.3 Å². The lowest BCUT2D eigenvalue weighted by Crippen LogP contribution is -2.39. The number of hydrogen-bond acceptors (Lipinski definition) is 4. The van der Waals surface area contributed by atoms with Gasteiger partial charge in [-0.25, -0.2) is 4.99 Å². The molecule has 1 aliphatic heterocycles. The lowest BCUT2D eigenvalue weighted by Gasteiger charge is -2.14. The Hall–Kier alpha value is -1.32. The lowest BCUT2D eigenvalue weighted by molar-refractivity contribution is 0.0191. The standard InChI is InChI=1S/C20H31N3O3.HI/c1-3-12-26-19-10-6-5-8-17(19)15-23-20(21-4-2)22-11-14-24-16-18-9-7-13-25-18;/h3,5-6,8,10,18H,1,4,7,9,11-16H2,2H3,(H2,21,22,23);1H. The Morgan fingerprint density at radius 1 is 1.37 bits per heavy atom. The third-order valence-corrected chi connectivity index (χ3v) is 3.95. The van der Waals surface area contributed by atoms with Gasteiger partial charge in [0.15, 0.2) is 5.96 Å². The van der Waals surface area contributed by atoms with E-state index < -0.39 is 0 Å². The van der Waals surface area contributed by atoms with Crippen molar-refractivity contribution in [2.45, 2.75) is 32.4 Å². The summed E-state index contributed by atoms with van der Waals surface area (Å²) in [6.45, 7) is 10.4. The normalized spacial score (nSPS) is 16.5. The van der Waals surface area contributed by atoms with Crippen molar-refractivity contribution in [1.82, 2.24) is 10.6 Å². The summed E-state index contributed by atoms with van der Waals surface area (Å²) in [5, 5.41) is 6.54. The van der Waals surface area contributed by atoms with Gasteiger partial charge in [0.1, 0.15) is 12.4 Å². The van der Waals surface area contributed by atoms with Crippen LogP contribution in [0.3, 0.4) is 0 Å². The van der Waals surface area contributed by atoms with Gasteiger partial charge >= 0.3 is 0 Å². The number of hydrogen-bond donors (Lipinski definition) is 2. The second-order valence-corrected chi connectivity index (χ2v) is 6.04. The molecule has 2 rings (SSSR count). The van der Waals surface area contributed by atoms with Crippen molar-refractivity contribution < 1.29 is 14.2 Å². The first-order valence-corrected chi connectivity index (χ1v) is 9.36. The summed E-state index contributed by atoms with van der Waals surface area (Å²) in [7, 11) is 0. The van der Waals surface area contributed by atoms with Gasteiger partial charge in [-0.2, -0.15) is 0 Å². The molecule has 1 unspecified atom stereocenters. The number of halogens is 1. The van der Waals surface area contributed by atoms with Crippen LogP contribution in [0.1, 0.15) is 25.3 Å². The van der Waals surface area contributed by atoms with E-state index in [0.29, 0.717) is 32.9 Å². The van der Waals surface area contributed by atoms with E-state index in [1.807, 2.05) is 31.2 Å². The fraction of sp³-hybridized carbons (Fsp3) is 0.550. The number of nitrogens with zero attached hydrogens (tertiary/aromatic N) is 1. The molecule has 1 aromatic rings. The molecule has 1 fully saturated rings. The van der Waals surface area contributed by atoms with Crippen LogP contribution in [0.5, 0.6) is 5.75 Å². The second-order valence-electron chi connectivity index (χ2n) is 6.04. The maximum absolute atomic E-state index is 5.68. The summed E-state index contributed by atoms with van der Waals surface area (Å²) in [6.07, 6.45) is 4.25. The quantitative estimate of drug-likeness (QED) is 0.165. The first kappa shape index (κ1) is 23.7. The van der Waals surface area contributed by atoms with Crippen LogP contribution < -0.4 is 15.4 Å². The number of rotatable bonds is 11. The summed E-state index contributed by atoms with van der Waals surface area (Å²) < 4.78 is 16.9. The Morgan fingerprint density at radius 2 is 2.22 bits per heavy atom. The molecule has 1 aromatic carbocycles. The molecule has 27 heavy (non-hydrogen) atoms. The first-order chi connectivity index (χ1) is 12.8. The Labute approximate surface area is 179 Å². The molecule has 1 aliphatic rings. The first-order valence-electron chi connectivity index (χ1n) is 9.36. The van der Waals surface area contributed by atoms with E-state index in [-0.39, 0.29) is 30.1 Å². The van der Waals surface area contributed by atoms with Gasteiger partial charge in [-0.05, 0) is 25.8 Å². The third-order valence-electron chi connectivity index (χ3n) is 3.95. The number of para-hydroxylation sites is 1. The molecular formula is C20H32IN3O3. The van der Waals surface area contributed by atoms with Gasteiger partial charge < -0.3 is 24.8 Å².